The fourth-order valence-corrected chi connectivity index (χ4v) is 8.43. The van der Waals surface area contributed by atoms with Crippen LogP contribution in [0.3, 0.4) is 0 Å². The summed E-state index contributed by atoms with van der Waals surface area (Å²) in [6.45, 7) is 15.5. The van der Waals surface area contributed by atoms with Crippen LogP contribution in [-0.2, 0) is 25.5 Å². The first kappa shape index (κ1) is 42.6. The summed E-state index contributed by atoms with van der Waals surface area (Å²) in [4.78, 5) is 19.1. The van der Waals surface area contributed by atoms with Crippen LogP contribution in [0.5, 0.6) is 0 Å². The van der Waals surface area contributed by atoms with Gasteiger partial charge in [-0.15, -0.1) is 54.1 Å². The molecule has 0 bridgehead atoms. The zero-order valence-corrected chi connectivity index (χ0v) is 39.3. The third-order valence-corrected chi connectivity index (χ3v) is 11.7. The number of pyridine rings is 1. The molecule has 0 saturated heterocycles. The van der Waals surface area contributed by atoms with Crippen molar-refractivity contribution in [2.75, 3.05) is 0 Å². The van der Waals surface area contributed by atoms with Crippen LogP contribution in [0.4, 0.5) is 0 Å². The number of rotatable bonds is 6. The number of aromatic nitrogens is 5. The molecule has 6 aromatic carbocycles. The molecule has 0 amide bonds. The maximum absolute atomic E-state index is 6.69. The molecule has 0 aliphatic carbocycles. The summed E-state index contributed by atoms with van der Waals surface area (Å²) in [5.41, 5.74) is 14.5. The third kappa shape index (κ3) is 7.71. The van der Waals surface area contributed by atoms with Crippen LogP contribution in [0.1, 0.15) is 77.1 Å². The number of para-hydroxylation sites is 3. The van der Waals surface area contributed by atoms with Crippen molar-refractivity contribution >= 4 is 55.2 Å². The fourth-order valence-electron chi connectivity index (χ4n) is 8.43. The van der Waals surface area contributed by atoms with Gasteiger partial charge in [-0.1, -0.05) is 115 Å². The van der Waals surface area contributed by atoms with Gasteiger partial charge >= 0.3 is 0 Å². The molecule has 0 unspecified atom stereocenters. The Morgan fingerprint density at radius 2 is 1.33 bits per heavy atom. The number of nitrogens with zero attached hydrogens (tertiary/aromatic N) is 5. The van der Waals surface area contributed by atoms with Crippen LogP contribution in [0.15, 0.2) is 155 Å². The van der Waals surface area contributed by atoms with E-state index >= 15 is 0 Å². The molecule has 0 atom stereocenters. The fraction of sp³-hybridized carbons (Fsp3) is 0.179. The van der Waals surface area contributed by atoms with E-state index in [0.717, 1.165) is 66.8 Å². The topological polar surface area (TPSA) is 82.8 Å². The van der Waals surface area contributed by atoms with E-state index in [1.807, 2.05) is 79.0 Å². The molecule has 0 saturated carbocycles. The molecule has 0 N–H and O–H groups in total. The molecule has 1 radical (unpaired) electrons. The van der Waals surface area contributed by atoms with Crippen molar-refractivity contribution in [1.82, 2.24) is 24.5 Å². The van der Waals surface area contributed by atoms with E-state index in [0.29, 0.717) is 16.9 Å². The van der Waals surface area contributed by atoms with E-state index in [9.17, 15) is 0 Å². The van der Waals surface area contributed by atoms with Crippen molar-refractivity contribution in [2.24, 2.45) is 0 Å². The number of furan rings is 2. The number of hydrogen-bond acceptors (Lipinski definition) is 6. The molecule has 11 rings (SSSR count). The SMILES string of the molecule is CC(C)(C)c1ccnc(-c2[c-]cccc2)n1.CC(C)c1cc(-c2ccccc2)cc(C(C)C)c1-n1c(-c2[c-]ccc3c2oc2cc4c(nc23)oc2ccccc24)nc2ccccc21.[Ir]. The Bertz CT molecular complexity index is 3420. The second kappa shape index (κ2) is 17.1. The molecule has 0 fully saturated rings. The van der Waals surface area contributed by atoms with Gasteiger partial charge in [0.25, 0.3) is 0 Å². The minimum Gasteiger partial charge on any atom is -0.499 e. The maximum Gasteiger partial charge on any atom is 0.228 e. The summed E-state index contributed by atoms with van der Waals surface area (Å²) in [5.74, 6) is 2.07. The van der Waals surface area contributed by atoms with Gasteiger partial charge in [-0.05, 0) is 81.9 Å². The van der Waals surface area contributed by atoms with Crippen LogP contribution >= 0.6 is 0 Å². The summed E-state index contributed by atoms with van der Waals surface area (Å²) in [5, 5.41) is 2.86. The van der Waals surface area contributed by atoms with Crippen molar-refractivity contribution in [1.29, 1.82) is 0 Å². The van der Waals surface area contributed by atoms with E-state index < -0.39 is 0 Å². The predicted octanol–water partition coefficient (Wildman–Crippen LogP) is 14.8. The van der Waals surface area contributed by atoms with Gasteiger partial charge in [0.1, 0.15) is 16.7 Å². The first-order chi connectivity index (χ1) is 30.5. The Morgan fingerprint density at radius 1 is 0.609 bits per heavy atom. The third-order valence-electron chi connectivity index (χ3n) is 11.7. The van der Waals surface area contributed by atoms with Crippen molar-refractivity contribution in [3.63, 3.8) is 0 Å². The summed E-state index contributed by atoms with van der Waals surface area (Å²) >= 11 is 0. The monoisotopic (exact) mass is 1010 g/mol. The molecule has 319 valence electrons. The van der Waals surface area contributed by atoms with Crippen LogP contribution in [-0.4, -0.2) is 24.5 Å². The minimum absolute atomic E-state index is 0. The van der Waals surface area contributed by atoms with E-state index in [1.165, 1.54) is 27.9 Å². The quantitative estimate of drug-likeness (QED) is 0.154. The zero-order chi connectivity index (χ0) is 43.4. The van der Waals surface area contributed by atoms with Crippen molar-refractivity contribution < 1.29 is 28.9 Å². The maximum atomic E-state index is 6.69. The molecule has 64 heavy (non-hydrogen) atoms. The summed E-state index contributed by atoms with van der Waals surface area (Å²) in [7, 11) is 0. The summed E-state index contributed by atoms with van der Waals surface area (Å²) in [6, 6.07) is 54.2. The average molecular weight is 1010 g/mol. The van der Waals surface area contributed by atoms with Gasteiger partial charge < -0.3 is 13.4 Å². The standard InChI is InChI=1S/C42H32N3O2.C14H15N2.Ir/c1-24(2)31-21-27(26-13-6-5-7-14-26)22-32(25(3)4)39(31)45-35-19-10-9-18-34(35)43-41(45)30-17-12-16-29-38-37(46-40(29)30)23-33-28-15-8-11-20-36(28)47-42(33)44-38;1-14(2,3)12-9-10-15-13(16-12)11-7-5-4-6-8-11;/h5-16,18-25H,1-4H3;4-7,9-10H,1-3H3;/q2*-1;. The van der Waals surface area contributed by atoms with Gasteiger partial charge in [0.15, 0.2) is 0 Å². The summed E-state index contributed by atoms with van der Waals surface area (Å²) in [6.07, 6.45) is 1.81. The normalized spacial score (nSPS) is 11.8. The predicted molar refractivity (Wildman–Crippen MR) is 256 cm³/mol. The number of imidazole rings is 1. The molecule has 8 heteroatoms. The minimum atomic E-state index is 0. The summed E-state index contributed by atoms with van der Waals surface area (Å²) < 4.78 is 15.2. The second-order valence-electron chi connectivity index (χ2n) is 17.7. The van der Waals surface area contributed by atoms with Crippen LogP contribution in [0, 0.1) is 12.1 Å². The van der Waals surface area contributed by atoms with Crippen molar-refractivity contribution in [3.8, 4) is 39.6 Å². The van der Waals surface area contributed by atoms with Gasteiger partial charge in [-0.25, -0.2) is 4.98 Å². The van der Waals surface area contributed by atoms with Crippen LogP contribution in [0.2, 0.25) is 0 Å². The number of benzene rings is 6. The van der Waals surface area contributed by atoms with Crippen molar-refractivity contribution in [2.45, 2.75) is 65.7 Å². The molecule has 0 aliphatic heterocycles. The zero-order valence-electron chi connectivity index (χ0n) is 36.9. The van der Waals surface area contributed by atoms with E-state index in [1.54, 1.807) is 0 Å². The first-order valence-electron chi connectivity index (χ1n) is 21.6. The van der Waals surface area contributed by atoms with E-state index in [-0.39, 0.29) is 37.4 Å². The molecular formula is C56H47IrN5O2-2. The largest absolute Gasteiger partial charge is 0.499 e. The van der Waals surface area contributed by atoms with Gasteiger partial charge in [-0.2, -0.15) is 0 Å². The average Bonchev–Trinajstić information content (AvgIpc) is 3.99. The molecule has 0 aliphatic rings. The molecule has 5 heterocycles. The van der Waals surface area contributed by atoms with Gasteiger partial charge in [0.2, 0.25) is 5.71 Å². The molecule has 0 spiro atoms. The number of fused-ring (bicyclic) bond motifs is 7. The van der Waals surface area contributed by atoms with Gasteiger partial charge in [0, 0.05) is 48.5 Å². The molecule has 7 nitrogen and oxygen atoms in total. The van der Waals surface area contributed by atoms with E-state index in [4.69, 9.17) is 18.8 Å². The molecule has 5 aromatic heterocycles. The Morgan fingerprint density at radius 3 is 2.06 bits per heavy atom. The molecular weight excluding hydrogens is 967 g/mol. The van der Waals surface area contributed by atoms with Crippen molar-refractivity contribution in [3.05, 3.63) is 175 Å². The van der Waals surface area contributed by atoms with E-state index in [2.05, 4.69) is 142 Å². The smallest absolute Gasteiger partial charge is 0.228 e. The Hall–Kier alpha value is -6.73. The first-order valence-corrected chi connectivity index (χ1v) is 21.6. The van der Waals surface area contributed by atoms with Crippen LogP contribution < -0.4 is 0 Å². The van der Waals surface area contributed by atoms with Gasteiger partial charge in [-0.3, -0.25) is 15.0 Å². The Kier molecular flexibility index (Phi) is 11.4. The number of hydrogen-bond donors (Lipinski definition) is 0. The Balaban J connectivity index is 0.000000258. The second-order valence-corrected chi connectivity index (χ2v) is 17.7. The Labute approximate surface area is 386 Å². The van der Waals surface area contributed by atoms with Gasteiger partial charge in [0.05, 0.1) is 33.7 Å². The molecule has 11 aromatic rings. The van der Waals surface area contributed by atoms with Crippen LogP contribution in [0.25, 0.3) is 94.8 Å².